The van der Waals surface area contributed by atoms with Crippen LogP contribution in [0.15, 0.2) is 18.2 Å². The molecule has 0 fully saturated rings. The van der Waals surface area contributed by atoms with Gasteiger partial charge in [0.15, 0.2) is 0 Å². The van der Waals surface area contributed by atoms with Crippen LogP contribution in [0, 0.1) is 0 Å². The number of rotatable bonds is 6. The fraction of sp³-hybridized carbons (Fsp3) is 0.333. The van der Waals surface area contributed by atoms with Gasteiger partial charge < -0.3 is 16.2 Å². The zero-order chi connectivity index (χ0) is 13.5. The summed E-state index contributed by atoms with van der Waals surface area (Å²) in [5.41, 5.74) is 5.56. The highest BCUT2D eigenvalue weighted by Gasteiger charge is 2.12. The molecule has 0 aliphatic heterocycles. The van der Waals surface area contributed by atoms with Crippen molar-refractivity contribution in [1.82, 2.24) is 0 Å². The molecule has 0 saturated carbocycles. The van der Waals surface area contributed by atoms with Gasteiger partial charge >= 0.3 is 5.97 Å². The molecule has 1 aromatic carbocycles. The number of hydrogen-bond donors (Lipinski definition) is 3. The molecule has 0 unspecified atom stereocenters. The van der Waals surface area contributed by atoms with Crippen LogP contribution in [-0.4, -0.2) is 23.5 Å². The molecule has 1 amide bonds. The lowest BCUT2D eigenvalue weighted by atomic mass is 10.1. The molecule has 6 heteroatoms. The summed E-state index contributed by atoms with van der Waals surface area (Å²) in [5, 5.41) is 11.9. The van der Waals surface area contributed by atoms with Crippen molar-refractivity contribution in [3.8, 4) is 0 Å². The summed E-state index contributed by atoms with van der Waals surface area (Å²) in [6.45, 7) is 0.533. The molecule has 0 radical (unpaired) electrons. The summed E-state index contributed by atoms with van der Waals surface area (Å²) < 4.78 is 0. The largest absolute Gasteiger partial charge is 0.478 e. The Morgan fingerprint density at radius 3 is 2.67 bits per heavy atom. The Bertz CT molecular complexity index is 449. The third-order valence-electron chi connectivity index (χ3n) is 2.34. The van der Waals surface area contributed by atoms with Crippen molar-refractivity contribution in [2.24, 2.45) is 5.73 Å². The number of carbonyl (C=O) groups excluding carboxylic acids is 1. The monoisotopic (exact) mass is 270 g/mol. The third-order valence-corrected chi connectivity index (χ3v) is 2.58. The second-order valence-corrected chi connectivity index (χ2v) is 4.23. The number of aromatic carboxylic acids is 1. The van der Waals surface area contributed by atoms with Crippen LogP contribution in [0.5, 0.6) is 0 Å². The highest BCUT2D eigenvalue weighted by Crippen LogP contribution is 2.21. The fourth-order valence-electron chi connectivity index (χ4n) is 1.45. The average Bonchev–Trinajstić information content (AvgIpc) is 2.29. The van der Waals surface area contributed by atoms with Gasteiger partial charge in [-0.2, -0.15) is 0 Å². The number of nitrogens with one attached hydrogen (secondary N) is 1. The molecule has 0 bridgehead atoms. The quantitative estimate of drug-likeness (QED) is 0.690. The third kappa shape index (κ3) is 4.35. The molecule has 0 atom stereocenters. The summed E-state index contributed by atoms with van der Waals surface area (Å²) >= 11 is 5.77. The lowest BCUT2D eigenvalue weighted by Gasteiger charge is -2.08. The van der Waals surface area contributed by atoms with E-state index in [1.807, 2.05) is 0 Å². The summed E-state index contributed by atoms with van der Waals surface area (Å²) in [4.78, 5) is 22.5. The maximum atomic E-state index is 11.6. The van der Waals surface area contributed by atoms with Crippen molar-refractivity contribution in [3.63, 3.8) is 0 Å². The van der Waals surface area contributed by atoms with Crippen LogP contribution in [0.2, 0.25) is 5.02 Å². The van der Waals surface area contributed by atoms with Gasteiger partial charge in [0.2, 0.25) is 5.91 Å². The number of amides is 1. The summed E-state index contributed by atoms with van der Waals surface area (Å²) in [6.07, 6.45) is 1.74. The standard InChI is InChI=1S/C12H15ClN2O3/c13-8-4-5-9(12(17)18)10(7-8)15-11(16)3-1-2-6-14/h4-5,7H,1-3,6,14H2,(H,15,16)(H,17,18). The van der Waals surface area contributed by atoms with E-state index in [9.17, 15) is 9.59 Å². The Morgan fingerprint density at radius 1 is 1.33 bits per heavy atom. The maximum Gasteiger partial charge on any atom is 0.337 e. The number of nitrogens with two attached hydrogens (primary N) is 1. The predicted octanol–water partition coefficient (Wildman–Crippen LogP) is 2.11. The van der Waals surface area contributed by atoms with Gasteiger partial charge in [0.05, 0.1) is 11.3 Å². The van der Waals surface area contributed by atoms with Crippen molar-refractivity contribution in [3.05, 3.63) is 28.8 Å². The first-order valence-electron chi connectivity index (χ1n) is 5.57. The Labute approximate surface area is 110 Å². The van der Waals surface area contributed by atoms with Gasteiger partial charge in [-0.05, 0) is 37.6 Å². The van der Waals surface area contributed by atoms with Gasteiger partial charge in [-0.15, -0.1) is 0 Å². The van der Waals surface area contributed by atoms with Gasteiger partial charge in [-0.25, -0.2) is 4.79 Å². The molecule has 0 spiro atoms. The van der Waals surface area contributed by atoms with Crippen LogP contribution in [0.4, 0.5) is 5.69 Å². The molecule has 4 N–H and O–H groups in total. The van der Waals surface area contributed by atoms with E-state index in [0.717, 1.165) is 6.42 Å². The summed E-state index contributed by atoms with van der Waals surface area (Å²) in [5.74, 6) is -1.35. The molecule has 98 valence electrons. The zero-order valence-corrected chi connectivity index (χ0v) is 10.5. The first kappa shape index (κ1) is 14.5. The molecular formula is C12H15ClN2O3. The van der Waals surface area contributed by atoms with Gasteiger partial charge in [-0.1, -0.05) is 11.6 Å². The molecule has 0 aliphatic rings. The van der Waals surface area contributed by atoms with Crippen molar-refractivity contribution < 1.29 is 14.7 Å². The molecule has 0 saturated heterocycles. The van der Waals surface area contributed by atoms with Crippen LogP contribution >= 0.6 is 11.6 Å². The Balaban J connectivity index is 2.73. The van der Waals surface area contributed by atoms with E-state index >= 15 is 0 Å². The van der Waals surface area contributed by atoms with Crippen molar-refractivity contribution in [1.29, 1.82) is 0 Å². The van der Waals surface area contributed by atoms with E-state index in [2.05, 4.69) is 5.32 Å². The zero-order valence-electron chi connectivity index (χ0n) is 9.78. The van der Waals surface area contributed by atoms with Gasteiger partial charge in [0.25, 0.3) is 0 Å². The molecule has 0 heterocycles. The van der Waals surface area contributed by atoms with E-state index in [1.54, 1.807) is 0 Å². The first-order valence-corrected chi connectivity index (χ1v) is 5.95. The van der Waals surface area contributed by atoms with E-state index in [0.29, 0.717) is 24.4 Å². The first-order chi connectivity index (χ1) is 8.54. The molecule has 0 aliphatic carbocycles. The normalized spacial score (nSPS) is 10.1. The number of anilines is 1. The molecule has 0 aromatic heterocycles. The minimum Gasteiger partial charge on any atom is -0.478 e. The summed E-state index contributed by atoms with van der Waals surface area (Å²) in [6, 6.07) is 4.25. The minimum atomic E-state index is -1.11. The fourth-order valence-corrected chi connectivity index (χ4v) is 1.62. The maximum absolute atomic E-state index is 11.6. The van der Waals surface area contributed by atoms with E-state index in [1.165, 1.54) is 18.2 Å². The molecule has 5 nitrogen and oxygen atoms in total. The number of halogens is 1. The van der Waals surface area contributed by atoms with Crippen LogP contribution in [0.1, 0.15) is 29.6 Å². The number of benzene rings is 1. The smallest absolute Gasteiger partial charge is 0.337 e. The number of hydrogen-bond acceptors (Lipinski definition) is 3. The predicted molar refractivity (Wildman–Crippen MR) is 69.9 cm³/mol. The topological polar surface area (TPSA) is 92.4 Å². The Morgan fingerprint density at radius 2 is 2.06 bits per heavy atom. The lowest BCUT2D eigenvalue weighted by Crippen LogP contribution is -2.14. The highest BCUT2D eigenvalue weighted by molar-refractivity contribution is 6.31. The number of carboxylic acids is 1. The number of carboxylic acid groups (broad SMARTS) is 1. The SMILES string of the molecule is NCCCCC(=O)Nc1cc(Cl)ccc1C(=O)O. The molecule has 1 rings (SSSR count). The molecular weight excluding hydrogens is 256 g/mol. The van der Waals surface area contributed by atoms with Crippen LogP contribution in [0.3, 0.4) is 0 Å². The average molecular weight is 271 g/mol. The Hall–Kier alpha value is -1.59. The van der Waals surface area contributed by atoms with E-state index in [-0.39, 0.29) is 17.2 Å². The van der Waals surface area contributed by atoms with E-state index < -0.39 is 5.97 Å². The van der Waals surface area contributed by atoms with Crippen LogP contribution in [0.25, 0.3) is 0 Å². The molecule has 18 heavy (non-hydrogen) atoms. The van der Waals surface area contributed by atoms with Gasteiger partial charge in [-0.3, -0.25) is 4.79 Å². The minimum absolute atomic E-state index is 0.0200. The number of unbranched alkanes of at least 4 members (excludes halogenated alkanes) is 1. The second kappa shape index (κ2) is 6.98. The number of carbonyl (C=O) groups is 2. The van der Waals surface area contributed by atoms with Crippen LogP contribution in [-0.2, 0) is 4.79 Å². The van der Waals surface area contributed by atoms with Gasteiger partial charge in [0.1, 0.15) is 0 Å². The highest BCUT2D eigenvalue weighted by atomic mass is 35.5. The van der Waals surface area contributed by atoms with Gasteiger partial charge in [0, 0.05) is 11.4 Å². The van der Waals surface area contributed by atoms with Crippen molar-refractivity contribution in [2.75, 3.05) is 11.9 Å². The summed E-state index contributed by atoms with van der Waals surface area (Å²) in [7, 11) is 0. The van der Waals surface area contributed by atoms with Crippen LogP contribution < -0.4 is 11.1 Å². The van der Waals surface area contributed by atoms with Crippen molar-refractivity contribution in [2.45, 2.75) is 19.3 Å². The van der Waals surface area contributed by atoms with E-state index in [4.69, 9.17) is 22.4 Å². The second-order valence-electron chi connectivity index (χ2n) is 3.79. The Kier molecular flexibility index (Phi) is 5.61. The lowest BCUT2D eigenvalue weighted by molar-refractivity contribution is -0.116. The van der Waals surface area contributed by atoms with Crippen molar-refractivity contribution >= 4 is 29.2 Å². The molecule has 1 aromatic rings.